The zero-order valence-corrected chi connectivity index (χ0v) is 11.6. The highest BCUT2D eigenvalue weighted by Gasteiger charge is 2.18. The quantitative estimate of drug-likeness (QED) is 0.813. The van der Waals surface area contributed by atoms with Gasteiger partial charge in [0.25, 0.3) is 0 Å². The van der Waals surface area contributed by atoms with Gasteiger partial charge in [-0.05, 0) is 25.8 Å². The van der Waals surface area contributed by atoms with Crippen molar-refractivity contribution < 1.29 is 4.79 Å². The van der Waals surface area contributed by atoms with Crippen molar-refractivity contribution in [1.29, 1.82) is 0 Å². The van der Waals surface area contributed by atoms with Crippen LogP contribution in [0.5, 0.6) is 0 Å². The van der Waals surface area contributed by atoms with E-state index >= 15 is 0 Å². The van der Waals surface area contributed by atoms with Gasteiger partial charge in [-0.1, -0.05) is 0 Å². The lowest BCUT2D eigenvalue weighted by Gasteiger charge is -2.15. The molecule has 1 aliphatic rings. The average Bonchev–Trinajstić information content (AvgIpc) is 3.03. The predicted octanol–water partition coefficient (Wildman–Crippen LogP) is 1.69. The Morgan fingerprint density at radius 3 is 3.20 bits per heavy atom. The molecule has 0 spiro atoms. The summed E-state index contributed by atoms with van der Waals surface area (Å²) in [5.41, 5.74) is 3.81. The van der Waals surface area contributed by atoms with Crippen LogP contribution in [0.15, 0.2) is 12.3 Å². The highest BCUT2D eigenvalue weighted by Crippen LogP contribution is 2.20. The summed E-state index contributed by atoms with van der Waals surface area (Å²) in [6, 6.07) is 2.02. The van der Waals surface area contributed by atoms with Gasteiger partial charge in [0.05, 0.1) is 11.9 Å². The summed E-state index contributed by atoms with van der Waals surface area (Å²) in [6.45, 7) is 4.56. The number of carbonyl (C=O) groups is 1. The van der Waals surface area contributed by atoms with Crippen molar-refractivity contribution in [3.05, 3.63) is 18.0 Å². The fraction of sp³-hybridized carbons (Fsp3) is 0.500. The second kappa shape index (κ2) is 5.48. The third-order valence-electron chi connectivity index (χ3n) is 3.63. The Kier molecular flexibility index (Phi) is 3.54. The third-order valence-corrected chi connectivity index (χ3v) is 3.63. The molecular formula is C14H19N5O. The van der Waals surface area contributed by atoms with E-state index < -0.39 is 0 Å². The van der Waals surface area contributed by atoms with Crippen LogP contribution >= 0.6 is 0 Å². The lowest BCUT2D eigenvalue weighted by molar-refractivity contribution is -0.127. The van der Waals surface area contributed by atoms with E-state index in [0.717, 1.165) is 54.9 Å². The van der Waals surface area contributed by atoms with E-state index in [9.17, 15) is 4.79 Å². The maximum absolute atomic E-state index is 11.5. The maximum Gasteiger partial charge on any atom is 0.222 e. The molecule has 0 saturated carbocycles. The van der Waals surface area contributed by atoms with Crippen LogP contribution in [0, 0.1) is 6.92 Å². The minimum atomic E-state index is 0.292. The van der Waals surface area contributed by atoms with Crippen LogP contribution in [-0.2, 0) is 4.79 Å². The number of likely N-dealkylation sites (tertiary alicyclic amines) is 1. The first-order chi connectivity index (χ1) is 9.74. The van der Waals surface area contributed by atoms with Gasteiger partial charge in [-0.15, -0.1) is 0 Å². The molecule has 1 amide bonds. The van der Waals surface area contributed by atoms with E-state index in [1.807, 2.05) is 17.9 Å². The zero-order chi connectivity index (χ0) is 13.9. The molecule has 6 heteroatoms. The molecule has 3 rings (SSSR count). The molecule has 106 valence electrons. The number of hydrogen-bond acceptors (Lipinski definition) is 4. The molecule has 2 aromatic rings. The van der Waals surface area contributed by atoms with Gasteiger partial charge in [-0.3, -0.25) is 9.89 Å². The van der Waals surface area contributed by atoms with E-state index in [4.69, 9.17) is 0 Å². The van der Waals surface area contributed by atoms with Crippen molar-refractivity contribution in [2.45, 2.75) is 26.2 Å². The van der Waals surface area contributed by atoms with Gasteiger partial charge in [0.1, 0.15) is 11.0 Å². The van der Waals surface area contributed by atoms with Crippen LogP contribution in [0.4, 0.5) is 5.69 Å². The molecule has 0 unspecified atom stereocenters. The minimum absolute atomic E-state index is 0.292. The van der Waals surface area contributed by atoms with Gasteiger partial charge in [0, 0.05) is 31.7 Å². The Morgan fingerprint density at radius 2 is 2.40 bits per heavy atom. The molecule has 20 heavy (non-hydrogen) atoms. The molecule has 0 atom stereocenters. The molecule has 0 bridgehead atoms. The molecular weight excluding hydrogens is 254 g/mol. The summed E-state index contributed by atoms with van der Waals surface area (Å²) in [7, 11) is 0. The van der Waals surface area contributed by atoms with Crippen LogP contribution < -0.4 is 5.32 Å². The normalized spacial score (nSPS) is 15.2. The Labute approximate surface area is 117 Å². The van der Waals surface area contributed by atoms with Gasteiger partial charge < -0.3 is 10.2 Å². The molecule has 1 fully saturated rings. The number of rotatable bonds is 5. The number of amides is 1. The Morgan fingerprint density at radius 1 is 1.50 bits per heavy atom. The SMILES string of the molecule is Cc1cc(NCCCN2CCCC2=O)c2[nH]ncc2n1. The zero-order valence-electron chi connectivity index (χ0n) is 11.6. The molecule has 0 radical (unpaired) electrons. The number of nitrogens with zero attached hydrogens (tertiary/aromatic N) is 3. The second-order valence-electron chi connectivity index (χ2n) is 5.21. The Balaban J connectivity index is 1.57. The highest BCUT2D eigenvalue weighted by molar-refractivity contribution is 5.87. The van der Waals surface area contributed by atoms with Crippen LogP contribution in [-0.4, -0.2) is 45.6 Å². The van der Waals surface area contributed by atoms with Crippen molar-refractivity contribution in [1.82, 2.24) is 20.1 Å². The van der Waals surface area contributed by atoms with Gasteiger partial charge >= 0.3 is 0 Å². The lowest BCUT2D eigenvalue weighted by Crippen LogP contribution is -2.27. The predicted molar refractivity (Wildman–Crippen MR) is 77.5 cm³/mol. The van der Waals surface area contributed by atoms with Crippen LogP contribution in [0.2, 0.25) is 0 Å². The molecule has 2 N–H and O–H groups in total. The molecule has 3 heterocycles. The van der Waals surface area contributed by atoms with Gasteiger partial charge in [-0.25, -0.2) is 4.98 Å². The summed E-state index contributed by atoms with van der Waals surface area (Å²) in [5, 5.41) is 10.4. The number of aromatic amines is 1. The lowest BCUT2D eigenvalue weighted by atomic mass is 10.2. The summed E-state index contributed by atoms with van der Waals surface area (Å²) >= 11 is 0. The van der Waals surface area contributed by atoms with Crippen LogP contribution in [0.1, 0.15) is 25.0 Å². The number of pyridine rings is 1. The number of H-pyrrole nitrogens is 1. The average molecular weight is 273 g/mol. The molecule has 1 saturated heterocycles. The van der Waals surface area contributed by atoms with Gasteiger partial charge in [0.15, 0.2) is 0 Å². The standard InChI is InChI=1S/C14H19N5O/c1-10-8-11(14-12(17-10)9-16-18-14)15-5-3-7-19-6-2-4-13(19)20/h8-9H,2-7H2,1H3,(H,15,17)(H,16,18). The van der Waals surface area contributed by atoms with Crippen molar-refractivity contribution in [2.75, 3.05) is 25.0 Å². The van der Waals surface area contributed by atoms with E-state index in [1.165, 1.54) is 0 Å². The smallest absolute Gasteiger partial charge is 0.222 e. The number of nitrogens with one attached hydrogen (secondary N) is 2. The number of aromatic nitrogens is 3. The number of carbonyl (C=O) groups excluding carboxylic acids is 1. The van der Waals surface area contributed by atoms with E-state index in [2.05, 4.69) is 20.5 Å². The van der Waals surface area contributed by atoms with Gasteiger partial charge in [0.2, 0.25) is 5.91 Å². The fourth-order valence-corrected chi connectivity index (χ4v) is 2.64. The topological polar surface area (TPSA) is 73.9 Å². The molecule has 0 aromatic carbocycles. The minimum Gasteiger partial charge on any atom is -0.383 e. The summed E-state index contributed by atoms with van der Waals surface area (Å²) in [4.78, 5) is 17.9. The first-order valence-electron chi connectivity index (χ1n) is 7.06. The fourth-order valence-electron chi connectivity index (χ4n) is 2.64. The van der Waals surface area contributed by atoms with Gasteiger partial charge in [-0.2, -0.15) is 5.10 Å². The molecule has 1 aliphatic heterocycles. The van der Waals surface area contributed by atoms with Crippen molar-refractivity contribution in [3.63, 3.8) is 0 Å². The van der Waals surface area contributed by atoms with Crippen LogP contribution in [0.25, 0.3) is 11.0 Å². The second-order valence-corrected chi connectivity index (χ2v) is 5.21. The highest BCUT2D eigenvalue weighted by atomic mass is 16.2. The van der Waals surface area contributed by atoms with Crippen molar-refractivity contribution in [3.8, 4) is 0 Å². The third kappa shape index (κ3) is 2.59. The molecule has 2 aromatic heterocycles. The summed E-state index contributed by atoms with van der Waals surface area (Å²) < 4.78 is 0. The van der Waals surface area contributed by atoms with E-state index in [0.29, 0.717) is 12.3 Å². The molecule has 0 aliphatic carbocycles. The van der Waals surface area contributed by atoms with E-state index in [-0.39, 0.29) is 0 Å². The van der Waals surface area contributed by atoms with Crippen molar-refractivity contribution in [2.24, 2.45) is 0 Å². The van der Waals surface area contributed by atoms with Crippen molar-refractivity contribution >= 4 is 22.6 Å². The monoisotopic (exact) mass is 273 g/mol. The largest absolute Gasteiger partial charge is 0.383 e. The maximum atomic E-state index is 11.5. The Bertz CT molecular complexity index is 621. The first-order valence-corrected chi connectivity index (χ1v) is 7.06. The number of fused-ring (bicyclic) bond motifs is 1. The van der Waals surface area contributed by atoms with E-state index in [1.54, 1.807) is 6.20 Å². The number of anilines is 1. The Hall–Kier alpha value is -2.11. The van der Waals surface area contributed by atoms with Crippen LogP contribution in [0.3, 0.4) is 0 Å². The number of aryl methyl sites for hydroxylation is 1. The number of hydrogen-bond donors (Lipinski definition) is 2. The molecule has 6 nitrogen and oxygen atoms in total. The first kappa shape index (κ1) is 12.9. The summed E-state index contributed by atoms with van der Waals surface area (Å²) in [5.74, 6) is 0.292. The summed E-state index contributed by atoms with van der Waals surface area (Å²) in [6.07, 6.45) is 4.40.